The SMILES string of the molecule is CC(C)(C)[Si](C)(C)Oc1cc2cccc(O)c(=O)c2c(O)c1O[Si](C)(C)C(C)(C)C. The predicted molar refractivity (Wildman–Crippen MR) is 129 cm³/mol. The first-order chi connectivity index (χ1) is 13.4. The first-order valence-corrected chi connectivity index (χ1v) is 16.1. The lowest BCUT2D eigenvalue weighted by Gasteiger charge is -2.40. The van der Waals surface area contributed by atoms with Gasteiger partial charge >= 0.3 is 0 Å². The molecule has 0 bridgehead atoms. The van der Waals surface area contributed by atoms with Gasteiger partial charge in [0.25, 0.3) is 16.6 Å². The molecule has 0 atom stereocenters. The van der Waals surface area contributed by atoms with Gasteiger partial charge in [-0.05, 0) is 53.8 Å². The van der Waals surface area contributed by atoms with E-state index < -0.39 is 27.8 Å². The molecule has 2 aromatic carbocycles. The van der Waals surface area contributed by atoms with E-state index in [4.69, 9.17) is 8.85 Å². The Bertz CT molecular complexity index is 1020. The van der Waals surface area contributed by atoms with E-state index in [1.807, 2.05) is 0 Å². The van der Waals surface area contributed by atoms with Gasteiger partial charge in [-0.2, -0.15) is 0 Å². The number of hydrogen-bond donors (Lipinski definition) is 2. The molecule has 0 heterocycles. The summed E-state index contributed by atoms with van der Waals surface area (Å²) in [5, 5.41) is 21.6. The van der Waals surface area contributed by atoms with E-state index in [0.29, 0.717) is 11.1 Å². The number of hydrogen-bond acceptors (Lipinski definition) is 5. The van der Waals surface area contributed by atoms with Crippen molar-refractivity contribution in [1.82, 2.24) is 0 Å². The third kappa shape index (κ3) is 4.52. The average molecular weight is 449 g/mol. The van der Waals surface area contributed by atoms with Crippen molar-refractivity contribution in [1.29, 1.82) is 0 Å². The third-order valence-corrected chi connectivity index (χ3v) is 15.2. The second-order valence-corrected chi connectivity index (χ2v) is 20.4. The van der Waals surface area contributed by atoms with Crippen molar-refractivity contribution in [3.63, 3.8) is 0 Å². The van der Waals surface area contributed by atoms with Crippen molar-refractivity contribution in [3.05, 3.63) is 34.5 Å². The summed E-state index contributed by atoms with van der Waals surface area (Å²) in [6.07, 6.45) is 0. The van der Waals surface area contributed by atoms with E-state index in [1.54, 1.807) is 18.2 Å². The number of benzene rings is 1. The maximum absolute atomic E-state index is 12.7. The standard InChI is InChI=1S/C23H36O5Si2/c1-22(2,3)29(7,8)27-17-14-15-12-11-13-16(24)19(25)18(15)20(26)21(17)28-30(9,10)23(4,5)6/h11-14,26H,1-10H3,(H,24,25). The molecule has 0 saturated heterocycles. The van der Waals surface area contributed by atoms with E-state index in [1.165, 1.54) is 6.07 Å². The minimum atomic E-state index is -2.36. The van der Waals surface area contributed by atoms with Crippen molar-refractivity contribution < 1.29 is 19.1 Å². The number of phenols is 1. The molecule has 0 aliphatic heterocycles. The summed E-state index contributed by atoms with van der Waals surface area (Å²) in [5.74, 6) is -0.0534. The average Bonchev–Trinajstić information content (AvgIpc) is 2.68. The molecule has 2 N–H and O–H groups in total. The largest absolute Gasteiger partial charge is 0.541 e. The summed E-state index contributed by atoms with van der Waals surface area (Å²) in [6.45, 7) is 21.2. The summed E-state index contributed by atoms with van der Waals surface area (Å²) >= 11 is 0. The Kier molecular flexibility index (Phi) is 6.15. The quantitative estimate of drug-likeness (QED) is 0.531. The van der Waals surface area contributed by atoms with E-state index in [0.717, 1.165) is 0 Å². The van der Waals surface area contributed by atoms with Crippen molar-refractivity contribution in [3.8, 4) is 23.0 Å². The number of fused-ring (bicyclic) bond motifs is 1. The Hall–Kier alpha value is -2.00. The van der Waals surface area contributed by atoms with Gasteiger partial charge in [-0.3, -0.25) is 4.79 Å². The zero-order valence-corrected chi connectivity index (χ0v) is 21.9. The summed E-state index contributed by atoms with van der Waals surface area (Å²) in [6, 6.07) is 6.34. The fourth-order valence-electron chi connectivity index (χ4n) is 2.47. The molecular formula is C23H36O5Si2. The Morgan fingerprint density at radius 3 is 1.83 bits per heavy atom. The van der Waals surface area contributed by atoms with Crippen LogP contribution in [0, 0.1) is 0 Å². The topological polar surface area (TPSA) is 76.0 Å². The molecule has 0 saturated carbocycles. The zero-order valence-electron chi connectivity index (χ0n) is 19.9. The van der Waals surface area contributed by atoms with Crippen molar-refractivity contribution in [2.24, 2.45) is 0 Å². The number of rotatable bonds is 4. The zero-order chi connectivity index (χ0) is 23.3. The van der Waals surface area contributed by atoms with Crippen LogP contribution in [0.4, 0.5) is 0 Å². The minimum Gasteiger partial charge on any atom is -0.541 e. The highest BCUT2D eigenvalue weighted by molar-refractivity contribution is 6.75. The normalized spacial score (nSPS) is 13.4. The number of phenolic OH excluding ortho intramolecular Hbond substituents is 1. The highest BCUT2D eigenvalue weighted by Crippen LogP contribution is 2.49. The van der Waals surface area contributed by atoms with Crippen LogP contribution in [0.1, 0.15) is 41.5 Å². The van der Waals surface area contributed by atoms with Crippen LogP contribution in [-0.2, 0) is 0 Å². The Morgan fingerprint density at radius 1 is 0.833 bits per heavy atom. The molecule has 0 fully saturated rings. The molecule has 2 rings (SSSR count). The fourth-order valence-corrected chi connectivity index (χ4v) is 4.49. The lowest BCUT2D eigenvalue weighted by atomic mass is 10.1. The second-order valence-electron chi connectivity index (χ2n) is 11.0. The lowest BCUT2D eigenvalue weighted by Crippen LogP contribution is -2.45. The molecule has 0 aliphatic carbocycles. The molecule has 0 radical (unpaired) electrons. The molecule has 5 nitrogen and oxygen atoms in total. The van der Waals surface area contributed by atoms with Crippen molar-refractivity contribution in [2.75, 3.05) is 0 Å². The molecule has 166 valence electrons. The molecule has 0 aliphatic rings. The summed E-state index contributed by atoms with van der Waals surface area (Å²) in [7, 11) is -4.61. The first-order valence-electron chi connectivity index (χ1n) is 10.3. The van der Waals surface area contributed by atoms with Gasteiger partial charge in [-0.25, -0.2) is 0 Å². The van der Waals surface area contributed by atoms with Gasteiger partial charge in [-0.1, -0.05) is 53.7 Å². The van der Waals surface area contributed by atoms with Crippen LogP contribution >= 0.6 is 0 Å². The molecule has 30 heavy (non-hydrogen) atoms. The van der Waals surface area contributed by atoms with Crippen LogP contribution in [0.2, 0.25) is 36.3 Å². The van der Waals surface area contributed by atoms with Crippen molar-refractivity contribution in [2.45, 2.75) is 77.8 Å². The molecule has 2 aromatic rings. The maximum atomic E-state index is 12.7. The molecule has 0 unspecified atom stereocenters. The Balaban J connectivity index is 2.88. The molecular weight excluding hydrogens is 412 g/mol. The van der Waals surface area contributed by atoms with Crippen LogP contribution in [-0.4, -0.2) is 26.8 Å². The van der Waals surface area contributed by atoms with Crippen LogP contribution in [0.5, 0.6) is 23.0 Å². The van der Waals surface area contributed by atoms with Gasteiger partial charge in [0.1, 0.15) is 5.75 Å². The molecule has 7 heteroatoms. The van der Waals surface area contributed by atoms with Gasteiger partial charge in [-0.15, -0.1) is 0 Å². The fraction of sp³-hybridized carbons (Fsp3) is 0.522. The van der Waals surface area contributed by atoms with Crippen LogP contribution in [0.15, 0.2) is 29.1 Å². The molecule has 0 aromatic heterocycles. The maximum Gasteiger partial charge on any atom is 0.250 e. The highest BCUT2D eigenvalue weighted by atomic mass is 28.4. The monoisotopic (exact) mass is 448 g/mol. The van der Waals surface area contributed by atoms with Gasteiger partial charge in [0.15, 0.2) is 17.2 Å². The van der Waals surface area contributed by atoms with Crippen molar-refractivity contribution >= 4 is 27.4 Å². The van der Waals surface area contributed by atoms with Crippen LogP contribution < -0.4 is 14.3 Å². The molecule has 0 amide bonds. The highest BCUT2D eigenvalue weighted by Gasteiger charge is 2.43. The minimum absolute atomic E-state index is 0.0359. The summed E-state index contributed by atoms with van der Waals surface area (Å²) in [5.41, 5.74) is -0.633. The van der Waals surface area contributed by atoms with Crippen LogP contribution in [0.3, 0.4) is 0 Å². The Labute approximate surface area is 181 Å². The number of aromatic hydroxyl groups is 2. The van der Waals surface area contributed by atoms with E-state index >= 15 is 0 Å². The van der Waals surface area contributed by atoms with Crippen LogP contribution in [0.25, 0.3) is 10.8 Å². The van der Waals surface area contributed by atoms with Gasteiger partial charge in [0.05, 0.1) is 5.39 Å². The lowest BCUT2D eigenvalue weighted by molar-refractivity contribution is 0.402. The first kappa shape index (κ1) is 24.3. The third-order valence-electron chi connectivity index (χ3n) is 6.58. The van der Waals surface area contributed by atoms with Gasteiger partial charge < -0.3 is 19.1 Å². The van der Waals surface area contributed by atoms with E-state index in [2.05, 4.69) is 67.7 Å². The van der Waals surface area contributed by atoms with Gasteiger partial charge in [0.2, 0.25) is 5.43 Å². The predicted octanol–water partition coefficient (Wildman–Crippen LogP) is 6.38. The van der Waals surface area contributed by atoms with E-state index in [-0.39, 0.29) is 27.0 Å². The Morgan fingerprint density at radius 2 is 1.33 bits per heavy atom. The smallest absolute Gasteiger partial charge is 0.250 e. The summed E-state index contributed by atoms with van der Waals surface area (Å²) in [4.78, 5) is 12.7. The van der Waals surface area contributed by atoms with Gasteiger partial charge in [0, 0.05) is 0 Å². The van der Waals surface area contributed by atoms with E-state index in [9.17, 15) is 15.0 Å². The molecule has 0 spiro atoms. The second kappa shape index (κ2) is 7.60. The summed E-state index contributed by atoms with van der Waals surface area (Å²) < 4.78 is 13.0.